The van der Waals surface area contributed by atoms with Crippen molar-refractivity contribution in [2.75, 3.05) is 76.4 Å². The monoisotopic (exact) mass is 506 g/mol. The number of aliphatic hydroxyl groups excluding tert-OH is 1. The third-order valence-electron chi connectivity index (χ3n) is 6.43. The van der Waals surface area contributed by atoms with E-state index < -0.39 is 12.5 Å². The van der Waals surface area contributed by atoms with E-state index in [-0.39, 0.29) is 19.2 Å². The Labute approximate surface area is 210 Å². The molecule has 2 aromatic rings. The number of nitrogens with zero attached hydrogens (tertiary/aromatic N) is 4. The highest BCUT2D eigenvalue weighted by atomic mass is 19.3. The van der Waals surface area contributed by atoms with Crippen molar-refractivity contribution in [3.05, 3.63) is 29.8 Å². The number of halogens is 2. The topological polar surface area (TPSA) is 95.0 Å². The zero-order chi connectivity index (χ0) is 25.5. The normalized spacial score (nSPS) is 19.6. The van der Waals surface area contributed by atoms with E-state index in [1.807, 2.05) is 31.2 Å². The molecular weight excluding hydrogens is 470 g/mol. The first-order chi connectivity index (χ1) is 17.4. The number of aliphatic hydroxyl groups is 1. The summed E-state index contributed by atoms with van der Waals surface area (Å²) in [5, 5.41) is 16.4. The van der Waals surface area contributed by atoms with Crippen molar-refractivity contribution >= 4 is 11.6 Å². The van der Waals surface area contributed by atoms with Crippen molar-refractivity contribution in [2.24, 2.45) is 0 Å². The van der Waals surface area contributed by atoms with E-state index >= 15 is 0 Å². The molecule has 3 N–H and O–H groups in total. The van der Waals surface area contributed by atoms with Crippen molar-refractivity contribution in [2.45, 2.75) is 31.9 Å². The molecule has 4 rings (SSSR count). The van der Waals surface area contributed by atoms with Crippen LogP contribution >= 0.6 is 0 Å². The largest absolute Gasteiger partial charge is 0.491 e. The molecule has 198 valence electrons. The molecular formula is C25H36F2N6O3. The zero-order valence-corrected chi connectivity index (χ0v) is 20.9. The Hall–Kier alpha value is -2.60. The molecule has 2 saturated heterocycles. The summed E-state index contributed by atoms with van der Waals surface area (Å²) in [5.41, 5.74) is 1.72. The Bertz CT molecular complexity index is 984. The molecule has 2 aliphatic rings. The van der Waals surface area contributed by atoms with Crippen molar-refractivity contribution in [3.63, 3.8) is 0 Å². The molecule has 0 aliphatic carbocycles. The summed E-state index contributed by atoms with van der Waals surface area (Å²) in [4.78, 5) is 13.7. The van der Waals surface area contributed by atoms with Crippen molar-refractivity contribution < 1.29 is 23.4 Å². The van der Waals surface area contributed by atoms with Gasteiger partial charge in [-0.25, -0.2) is 18.7 Å². The fourth-order valence-corrected chi connectivity index (χ4v) is 4.47. The number of rotatable bonds is 11. The molecule has 3 heterocycles. The zero-order valence-electron chi connectivity index (χ0n) is 20.9. The highest BCUT2D eigenvalue weighted by molar-refractivity contribution is 5.67. The van der Waals surface area contributed by atoms with Crippen LogP contribution in [0.3, 0.4) is 0 Å². The van der Waals surface area contributed by atoms with Crippen LogP contribution in [0.25, 0.3) is 11.4 Å². The van der Waals surface area contributed by atoms with Crippen LogP contribution in [-0.4, -0.2) is 105 Å². The Morgan fingerprint density at radius 3 is 2.72 bits per heavy atom. The number of hydrogen-bond donors (Lipinski definition) is 3. The summed E-state index contributed by atoms with van der Waals surface area (Å²) >= 11 is 0. The molecule has 0 amide bonds. The van der Waals surface area contributed by atoms with E-state index in [2.05, 4.69) is 15.5 Å². The number of piperazine rings is 1. The van der Waals surface area contributed by atoms with Crippen molar-refractivity contribution in [1.29, 1.82) is 0 Å². The fourth-order valence-electron chi connectivity index (χ4n) is 4.47. The van der Waals surface area contributed by atoms with Gasteiger partial charge >= 0.3 is 0 Å². The second kappa shape index (κ2) is 12.6. The number of benzene rings is 1. The van der Waals surface area contributed by atoms with E-state index in [1.54, 1.807) is 11.9 Å². The first-order valence-electron chi connectivity index (χ1n) is 12.5. The van der Waals surface area contributed by atoms with Gasteiger partial charge in [-0.05, 0) is 32.5 Å². The number of ether oxygens (including phenoxy) is 2. The summed E-state index contributed by atoms with van der Waals surface area (Å²) in [7, 11) is 1.78. The molecule has 1 aromatic carbocycles. The van der Waals surface area contributed by atoms with Gasteiger partial charge in [0.1, 0.15) is 30.1 Å². The molecule has 0 spiro atoms. The van der Waals surface area contributed by atoms with E-state index in [0.29, 0.717) is 57.5 Å². The summed E-state index contributed by atoms with van der Waals surface area (Å²) < 4.78 is 37.0. The quantitative estimate of drug-likeness (QED) is 0.423. The molecule has 2 atom stereocenters. The Morgan fingerprint density at radius 2 is 2.03 bits per heavy atom. The van der Waals surface area contributed by atoms with Gasteiger partial charge in [0.15, 0.2) is 5.82 Å². The van der Waals surface area contributed by atoms with Gasteiger partial charge < -0.3 is 30.1 Å². The van der Waals surface area contributed by atoms with Crippen LogP contribution in [0.15, 0.2) is 24.3 Å². The summed E-state index contributed by atoms with van der Waals surface area (Å²) in [5.74, 6) is 2.71. The van der Waals surface area contributed by atoms with E-state index in [9.17, 15) is 13.9 Å². The van der Waals surface area contributed by atoms with Crippen LogP contribution in [0.1, 0.15) is 12.0 Å². The first kappa shape index (κ1) is 26.5. The molecule has 36 heavy (non-hydrogen) atoms. The highest BCUT2D eigenvalue weighted by Crippen LogP contribution is 2.31. The maximum absolute atomic E-state index is 12.8. The lowest BCUT2D eigenvalue weighted by molar-refractivity contribution is 0.0853. The minimum atomic E-state index is -2.33. The van der Waals surface area contributed by atoms with Gasteiger partial charge in [-0.15, -0.1) is 0 Å². The Morgan fingerprint density at radius 1 is 1.22 bits per heavy atom. The average Bonchev–Trinajstić information content (AvgIpc) is 3.38. The number of alkyl halides is 2. The number of hydrogen-bond acceptors (Lipinski definition) is 9. The number of likely N-dealkylation sites (N-methyl/N-ethyl adjacent to an activating group) is 1. The maximum atomic E-state index is 12.8. The van der Waals surface area contributed by atoms with Gasteiger partial charge in [-0.1, -0.05) is 12.1 Å². The van der Waals surface area contributed by atoms with Crippen LogP contribution in [0.4, 0.5) is 20.4 Å². The minimum absolute atomic E-state index is 0.168. The lowest BCUT2D eigenvalue weighted by Crippen LogP contribution is -2.48. The van der Waals surface area contributed by atoms with E-state index in [4.69, 9.17) is 19.4 Å². The molecule has 2 fully saturated rings. The Balaban J connectivity index is 1.59. The molecule has 0 radical (unpaired) electrons. The van der Waals surface area contributed by atoms with Crippen LogP contribution in [0, 0.1) is 6.92 Å². The summed E-state index contributed by atoms with van der Waals surface area (Å²) in [6.07, 6.45) is -2.05. The predicted octanol–water partition coefficient (Wildman–Crippen LogP) is 2.00. The standard InChI is InChI=1S/C25H36F2N6O3/c1-17-23(29-19-6-11-35-15-19)30-24(18-4-3-5-21(12-18)36-16-20(34)13-28-2)31-25(17)33-9-7-32(8-10-33)14-22(26)27/h3-5,12,19-20,22,28,34H,6-11,13-16H2,1-2H3,(H,29,30,31). The first-order valence-corrected chi connectivity index (χ1v) is 12.5. The van der Waals surface area contributed by atoms with Gasteiger partial charge in [-0.3, -0.25) is 4.90 Å². The fraction of sp³-hybridized carbons (Fsp3) is 0.600. The number of aromatic nitrogens is 2. The highest BCUT2D eigenvalue weighted by Gasteiger charge is 2.25. The minimum Gasteiger partial charge on any atom is -0.491 e. The average molecular weight is 507 g/mol. The third kappa shape index (κ3) is 7.00. The second-order valence-electron chi connectivity index (χ2n) is 9.28. The number of nitrogens with one attached hydrogen (secondary N) is 2. The predicted molar refractivity (Wildman–Crippen MR) is 135 cm³/mol. The van der Waals surface area contributed by atoms with Gasteiger partial charge in [0.2, 0.25) is 0 Å². The van der Waals surface area contributed by atoms with Crippen molar-refractivity contribution in [3.8, 4) is 17.1 Å². The van der Waals surface area contributed by atoms with Crippen molar-refractivity contribution in [1.82, 2.24) is 20.2 Å². The van der Waals surface area contributed by atoms with Gasteiger partial charge in [0.05, 0.1) is 19.2 Å². The van der Waals surface area contributed by atoms with Gasteiger partial charge in [0.25, 0.3) is 6.43 Å². The van der Waals surface area contributed by atoms with Crippen LogP contribution in [0.5, 0.6) is 5.75 Å². The lowest BCUT2D eigenvalue weighted by Gasteiger charge is -2.36. The molecule has 1 aromatic heterocycles. The van der Waals surface area contributed by atoms with Crippen LogP contribution < -0.4 is 20.3 Å². The molecule has 2 unspecified atom stereocenters. The summed E-state index contributed by atoms with van der Waals surface area (Å²) in [6.45, 7) is 6.07. The molecule has 0 bridgehead atoms. The molecule has 2 aliphatic heterocycles. The smallest absolute Gasteiger partial charge is 0.251 e. The van der Waals surface area contributed by atoms with Crippen LogP contribution in [-0.2, 0) is 4.74 Å². The van der Waals surface area contributed by atoms with Gasteiger partial charge in [0, 0.05) is 50.5 Å². The molecule has 0 saturated carbocycles. The maximum Gasteiger partial charge on any atom is 0.251 e. The van der Waals surface area contributed by atoms with E-state index in [0.717, 1.165) is 29.2 Å². The Kier molecular flexibility index (Phi) is 9.24. The van der Waals surface area contributed by atoms with E-state index in [1.165, 1.54) is 0 Å². The second-order valence-corrected chi connectivity index (χ2v) is 9.28. The summed E-state index contributed by atoms with van der Waals surface area (Å²) in [6, 6.07) is 7.67. The van der Waals surface area contributed by atoms with Crippen LogP contribution in [0.2, 0.25) is 0 Å². The number of anilines is 2. The SMILES string of the molecule is CNCC(O)COc1cccc(-c2nc(NC3CCOC3)c(C)c(N3CCN(CC(F)F)CC3)n2)c1. The lowest BCUT2D eigenvalue weighted by atomic mass is 10.1. The van der Waals surface area contributed by atoms with Gasteiger partial charge in [-0.2, -0.15) is 0 Å². The third-order valence-corrected chi connectivity index (χ3v) is 6.43. The molecule has 11 heteroatoms. The molecule has 9 nitrogen and oxygen atoms in total.